The van der Waals surface area contributed by atoms with Crippen LogP contribution in [0.25, 0.3) is 22.5 Å². The Kier molecular flexibility index (Phi) is 11.5. The van der Waals surface area contributed by atoms with E-state index in [9.17, 15) is 18.0 Å². The summed E-state index contributed by atoms with van der Waals surface area (Å²) in [6.07, 6.45) is 4.15. The number of ether oxygens (including phenoxy) is 2. The van der Waals surface area contributed by atoms with Crippen molar-refractivity contribution >= 4 is 5.97 Å². The average Bonchev–Trinajstić information content (AvgIpc) is 2.96. The van der Waals surface area contributed by atoms with Crippen molar-refractivity contribution in [2.45, 2.75) is 96.8 Å². The minimum absolute atomic E-state index is 0.133. The van der Waals surface area contributed by atoms with E-state index in [2.05, 4.69) is 16.9 Å². The van der Waals surface area contributed by atoms with Gasteiger partial charge in [0.05, 0.1) is 5.56 Å². The van der Waals surface area contributed by atoms with Crippen LogP contribution in [0.2, 0.25) is 0 Å². The topological polar surface area (TPSA) is 61.3 Å². The summed E-state index contributed by atoms with van der Waals surface area (Å²) in [5.41, 5.74) is 0.0103. The van der Waals surface area contributed by atoms with E-state index in [0.29, 0.717) is 35.5 Å². The van der Waals surface area contributed by atoms with Crippen LogP contribution in [-0.4, -0.2) is 40.1 Å². The van der Waals surface area contributed by atoms with Crippen molar-refractivity contribution in [2.24, 2.45) is 0 Å². The standard InChI is InChI=1S/C32H39F3N2O3/c1-5-7-8-9-12-19-32(4,35)31(38)39-25-17-15-23(16-18-25)24-20-36-30(37-21-24)26-13-10-11-14-28(26)40-27(6-2)29(34)22(3)33/h10-11,13-18,20-22,27,29H,5-9,12,19H2,1-4H3. The molecule has 0 spiro atoms. The van der Waals surface area contributed by atoms with Gasteiger partial charge in [0.1, 0.15) is 23.8 Å². The maximum absolute atomic E-state index is 14.9. The van der Waals surface area contributed by atoms with Crippen molar-refractivity contribution in [3.05, 3.63) is 60.9 Å². The zero-order valence-electron chi connectivity index (χ0n) is 23.7. The Morgan fingerprint density at radius 1 is 0.925 bits per heavy atom. The molecule has 5 nitrogen and oxygen atoms in total. The summed E-state index contributed by atoms with van der Waals surface area (Å²) in [6, 6.07) is 13.7. The monoisotopic (exact) mass is 556 g/mol. The second-order valence-electron chi connectivity index (χ2n) is 10.3. The summed E-state index contributed by atoms with van der Waals surface area (Å²) in [7, 11) is 0. The number of carbonyl (C=O) groups excluding carboxylic acids is 1. The van der Waals surface area contributed by atoms with E-state index in [1.54, 1.807) is 67.8 Å². The molecule has 4 atom stereocenters. The molecule has 3 rings (SSSR count). The first kappa shape index (κ1) is 31.1. The molecule has 0 fully saturated rings. The van der Waals surface area contributed by atoms with Crippen LogP contribution >= 0.6 is 0 Å². The normalized spacial score (nSPS) is 15.1. The van der Waals surface area contributed by atoms with Crippen molar-refractivity contribution in [1.29, 1.82) is 0 Å². The number of benzene rings is 2. The number of alkyl halides is 3. The second-order valence-corrected chi connectivity index (χ2v) is 10.3. The van der Waals surface area contributed by atoms with E-state index in [1.807, 2.05) is 0 Å². The number of unbranched alkanes of at least 4 members (excludes halogenated alkanes) is 4. The van der Waals surface area contributed by atoms with Gasteiger partial charge in [-0.1, -0.05) is 63.8 Å². The minimum Gasteiger partial charge on any atom is -0.487 e. The Balaban J connectivity index is 1.66. The highest BCUT2D eigenvalue weighted by Gasteiger charge is 2.34. The van der Waals surface area contributed by atoms with Gasteiger partial charge in [0, 0.05) is 18.0 Å². The minimum atomic E-state index is -2.04. The molecule has 216 valence electrons. The SMILES string of the molecule is CCCCCCCC(C)(F)C(=O)Oc1ccc(-c2cnc(-c3ccccc3OC(CC)C(F)C(C)F)nc2)cc1. The highest BCUT2D eigenvalue weighted by atomic mass is 19.2. The molecule has 4 unspecified atom stereocenters. The highest BCUT2D eigenvalue weighted by Crippen LogP contribution is 2.31. The molecule has 3 aromatic rings. The van der Waals surface area contributed by atoms with Crippen LogP contribution in [0.4, 0.5) is 13.2 Å². The number of aromatic nitrogens is 2. The maximum Gasteiger partial charge on any atom is 0.348 e. The molecule has 1 heterocycles. The van der Waals surface area contributed by atoms with Crippen molar-refractivity contribution in [3.63, 3.8) is 0 Å². The van der Waals surface area contributed by atoms with Crippen LogP contribution in [0.3, 0.4) is 0 Å². The molecule has 0 aliphatic carbocycles. The van der Waals surface area contributed by atoms with Gasteiger partial charge in [0.25, 0.3) is 0 Å². The highest BCUT2D eigenvalue weighted by molar-refractivity contribution is 5.81. The van der Waals surface area contributed by atoms with Gasteiger partial charge in [-0.05, 0) is 62.9 Å². The van der Waals surface area contributed by atoms with E-state index in [1.165, 1.54) is 13.8 Å². The predicted molar refractivity (Wildman–Crippen MR) is 152 cm³/mol. The summed E-state index contributed by atoms with van der Waals surface area (Å²) in [4.78, 5) is 21.3. The third-order valence-corrected chi connectivity index (χ3v) is 6.83. The molecule has 2 aromatic carbocycles. The Hall–Kier alpha value is -3.42. The van der Waals surface area contributed by atoms with Crippen LogP contribution < -0.4 is 9.47 Å². The Morgan fingerprint density at radius 2 is 1.57 bits per heavy atom. The number of hydrogen-bond donors (Lipinski definition) is 0. The zero-order chi connectivity index (χ0) is 29.1. The summed E-state index contributed by atoms with van der Waals surface area (Å²) >= 11 is 0. The zero-order valence-corrected chi connectivity index (χ0v) is 23.7. The maximum atomic E-state index is 14.9. The van der Waals surface area contributed by atoms with Crippen LogP contribution in [0.15, 0.2) is 60.9 Å². The number of nitrogens with zero attached hydrogens (tertiary/aromatic N) is 2. The number of halogens is 3. The van der Waals surface area contributed by atoms with E-state index < -0.39 is 30.1 Å². The number of para-hydroxylation sites is 1. The van der Waals surface area contributed by atoms with E-state index in [-0.39, 0.29) is 12.2 Å². The van der Waals surface area contributed by atoms with Crippen molar-refractivity contribution < 1.29 is 27.4 Å². The lowest BCUT2D eigenvalue weighted by atomic mass is 9.99. The lowest BCUT2D eigenvalue weighted by Crippen LogP contribution is -2.34. The molecular formula is C32H39F3N2O3. The fourth-order valence-corrected chi connectivity index (χ4v) is 4.29. The molecule has 0 aliphatic rings. The molecule has 0 radical (unpaired) electrons. The van der Waals surface area contributed by atoms with Crippen molar-refractivity contribution in [1.82, 2.24) is 9.97 Å². The number of carbonyl (C=O) groups is 1. The van der Waals surface area contributed by atoms with Crippen LogP contribution in [0, 0.1) is 0 Å². The number of hydrogen-bond acceptors (Lipinski definition) is 5. The molecular weight excluding hydrogens is 517 g/mol. The van der Waals surface area contributed by atoms with Crippen LogP contribution in [0.5, 0.6) is 11.5 Å². The lowest BCUT2D eigenvalue weighted by molar-refractivity contribution is -0.147. The van der Waals surface area contributed by atoms with Gasteiger partial charge in [0.15, 0.2) is 12.0 Å². The Labute approximate surface area is 235 Å². The first-order valence-corrected chi connectivity index (χ1v) is 14.0. The molecule has 8 heteroatoms. The third-order valence-electron chi connectivity index (χ3n) is 6.83. The van der Waals surface area contributed by atoms with Crippen molar-refractivity contribution in [3.8, 4) is 34.0 Å². The fraction of sp³-hybridized carbons (Fsp3) is 0.469. The van der Waals surface area contributed by atoms with E-state index >= 15 is 0 Å². The molecule has 0 saturated heterocycles. The van der Waals surface area contributed by atoms with Crippen LogP contribution in [0.1, 0.15) is 72.6 Å². The summed E-state index contributed by atoms with van der Waals surface area (Å²) in [6.45, 7) is 6.30. The second kappa shape index (κ2) is 14.8. The van der Waals surface area contributed by atoms with Gasteiger partial charge >= 0.3 is 5.97 Å². The lowest BCUT2D eigenvalue weighted by Gasteiger charge is -2.23. The van der Waals surface area contributed by atoms with E-state index in [0.717, 1.165) is 31.2 Å². The fourth-order valence-electron chi connectivity index (χ4n) is 4.29. The van der Waals surface area contributed by atoms with Gasteiger partial charge in [-0.3, -0.25) is 0 Å². The van der Waals surface area contributed by atoms with Crippen molar-refractivity contribution in [2.75, 3.05) is 0 Å². The average molecular weight is 557 g/mol. The smallest absolute Gasteiger partial charge is 0.348 e. The molecule has 0 N–H and O–H groups in total. The summed E-state index contributed by atoms with van der Waals surface area (Å²) in [5, 5.41) is 0. The van der Waals surface area contributed by atoms with Crippen LogP contribution in [-0.2, 0) is 4.79 Å². The molecule has 0 saturated carbocycles. The molecule has 0 bridgehead atoms. The van der Waals surface area contributed by atoms with Gasteiger partial charge in [-0.15, -0.1) is 0 Å². The van der Waals surface area contributed by atoms with E-state index in [4.69, 9.17) is 9.47 Å². The number of rotatable bonds is 15. The Morgan fingerprint density at radius 3 is 2.20 bits per heavy atom. The van der Waals surface area contributed by atoms with Gasteiger partial charge in [-0.2, -0.15) is 0 Å². The quantitative estimate of drug-likeness (QED) is 0.106. The first-order chi connectivity index (χ1) is 19.2. The van der Waals surface area contributed by atoms with Gasteiger partial charge in [0.2, 0.25) is 5.67 Å². The predicted octanol–water partition coefficient (Wildman–Crippen LogP) is 8.66. The number of esters is 1. The summed E-state index contributed by atoms with van der Waals surface area (Å²) < 4.78 is 53.9. The molecule has 0 aliphatic heterocycles. The van der Waals surface area contributed by atoms with Gasteiger partial charge < -0.3 is 9.47 Å². The molecule has 1 aromatic heterocycles. The molecule has 0 amide bonds. The Bertz CT molecular complexity index is 1200. The summed E-state index contributed by atoms with van der Waals surface area (Å²) in [5.74, 6) is 0.110. The largest absolute Gasteiger partial charge is 0.487 e. The van der Waals surface area contributed by atoms with Gasteiger partial charge in [-0.25, -0.2) is 27.9 Å². The third kappa shape index (κ3) is 8.54. The first-order valence-electron chi connectivity index (χ1n) is 14.0. The molecule has 40 heavy (non-hydrogen) atoms.